The second-order valence-corrected chi connectivity index (χ2v) is 7.44. The molecule has 23 heavy (non-hydrogen) atoms. The van der Waals surface area contributed by atoms with Gasteiger partial charge >= 0.3 is 0 Å². The molecular formula is C17H24ClNO3S. The van der Waals surface area contributed by atoms with Gasteiger partial charge in [-0.25, -0.2) is 0 Å². The van der Waals surface area contributed by atoms with Gasteiger partial charge in [0.15, 0.2) is 11.5 Å². The van der Waals surface area contributed by atoms with Gasteiger partial charge in [-0.2, -0.15) is 0 Å². The topological polar surface area (TPSA) is 47.6 Å². The number of hydrogen-bond donors (Lipinski definition) is 1. The zero-order valence-electron chi connectivity index (χ0n) is 13.9. The van der Waals surface area contributed by atoms with Gasteiger partial charge in [0.1, 0.15) is 0 Å². The Morgan fingerprint density at radius 1 is 1.30 bits per heavy atom. The van der Waals surface area contributed by atoms with Crippen LogP contribution in [0.1, 0.15) is 32.8 Å². The van der Waals surface area contributed by atoms with Crippen molar-refractivity contribution < 1.29 is 14.3 Å². The summed E-state index contributed by atoms with van der Waals surface area (Å²) in [6, 6.07) is 4.03. The van der Waals surface area contributed by atoms with E-state index in [2.05, 4.69) is 19.2 Å². The number of rotatable bonds is 6. The molecule has 0 aliphatic carbocycles. The molecule has 0 spiro atoms. The van der Waals surface area contributed by atoms with Crippen LogP contribution in [0.3, 0.4) is 0 Å². The zero-order chi connectivity index (χ0) is 16.8. The minimum atomic E-state index is 0.0663. The Bertz CT molecular complexity index is 551. The average Bonchev–Trinajstić information content (AvgIpc) is 2.72. The molecular weight excluding hydrogens is 334 g/mol. The lowest BCUT2D eigenvalue weighted by Crippen LogP contribution is -2.37. The molecule has 4 nitrogen and oxygen atoms in total. The lowest BCUT2D eigenvalue weighted by Gasteiger charge is -2.17. The Kier molecular flexibility index (Phi) is 6.90. The fraction of sp³-hybridized carbons (Fsp3) is 0.588. The highest BCUT2D eigenvalue weighted by molar-refractivity contribution is 7.99. The number of hydrogen-bond acceptors (Lipinski definition) is 4. The van der Waals surface area contributed by atoms with E-state index in [0.717, 1.165) is 12.0 Å². The van der Waals surface area contributed by atoms with Gasteiger partial charge in [0.25, 0.3) is 0 Å². The van der Waals surface area contributed by atoms with Crippen LogP contribution in [0.25, 0.3) is 0 Å². The molecule has 128 valence electrons. The van der Waals surface area contributed by atoms with Gasteiger partial charge in [-0.05, 0) is 30.5 Å². The van der Waals surface area contributed by atoms with E-state index in [1.165, 1.54) is 0 Å². The molecule has 0 aromatic heterocycles. The highest BCUT2D eigenvalue weighted by Gasteiger charge is 2.16. The third kappa shape index (κ3) is 5.50. The number of halogens is 1. The normalized spacial score (nSPS) is 15.2. The summed E-state index contributed by atoms with van der Waals surface area (Å²) in [6.45, 7) is 7.47. The number of carbonyl (C=O) groups excluding carboxylic acids is 1. The zero-order valence-corrected chi connectivity index (χ0v) is 15.4. The van der Waals surface area contributed by atoms with Gasteiger partial charge in [0.05, 0.1) is 24.0 Å². The van der Waals surface area contributed by atoms with Crippen LogP contribution in [0, 0.1) is 5.92 Å². The Balaban J connectivity index is 1.88. The van der Waals surface area contributed by atoms with E-state index in [-0.39, 0.29) is 11.9 Å². The first kappa shape index (κ1) is 18.3. The maximum Gasteiger partial charge on any atom is 0.230 e. The molecule has 0 saturated heterocycles. The molecule has 1 N–H and O–H groups in total. The van der Waals surface area contributed by atoms with Crippen molar-refractivity contribution in [1.82, 2.24) is 5.32 Å². The predicted molar refractivity (Wildman–Crippen MR) is 95.7 cm³/mol. The molecule has 0 bridgehead atoms. The highest BCUT2D eigenvalue weighted by Crippen LogP contribution is 2.38. The lowest BCUT2D eigenvalue weighted by atomic mass is 10.1. The van der Waals surface area contributed by atoms with E-state index in [9.17, 15) is 4.79 Å². The quantitative estimate of drug-likeness (QED) is 0.838. The molecule has 1 heterocycles. The summed E-state index contributed by atoms with van der Waals surface area (Å²) >= 11 is 7.84. The predicted octanol–water partition coefficient (Wildman–Crippen LogP) is 3.90. The molecule has 1 atom stereocenters. The SMILES string of the molecule is CC(C)[C@@H](C)NC(=O)CSCc1cc(Cl)c2c(c1)OCCCO2. The van der Waals surface area contributed by atoms with Crippen LogP contribution in [0.4, 0.5) is 0 Å². The van der Waals surface area contributed by atoms with Crippen LogP contribution in [-0.4, -0.2) is 30.9 Å². The van der Waals surface area contributed by atoms with Crippen LogP contribution in [0.2, 0.25) is 5.02 Å². The molecule has 6 heteroatoms. The average molecular weight is 358 g/mol. The van der Waals surface area contributed by atoms with E-state index in [1.807, 2.05) is 19.1 Å². The van der Waals surface area contributed by atoms with Crippen LogP contribution >= 0.6 is 23.4 Å². The van der Waals surface area contributed by atoms with Crippen molar-refractivity contribution in [3.05, 3.63) is 22.7 Å². The summed E-state index contributed by atoms with van der Waals surface area (Å²) < 4.78 is 11.3. The van der Waals surface area contributed by atoms with Crippen molar-refractivity contribution in [3.63, 3.8) is 0 Å². The van der Waals surface area contributed by atoms with Crippen LogP contribution < -0.4 is 14.8 Å². The second kappa shape index (κ2) is 8.69. The third-order valence-corrected chi connectivity index (χ3v) is 5.04. The largest absolute Gasteiger partial charge is 0.489 e. The number of thioether (sulfide) groups is 1. The van der Waals surface area contributed by atoms with Crippen LogP contribution in [-0.2, 0) is 10.5 Å². The molecule has 2 rings (SSSR count). The van der Waals surface area contributed by atoms with Crippen molar-refractivity contribution >= 4 is 29.3 Å². The van der Waals surface area contributed by atoms with Crippen LogP contribution in [0.15, 0.2) is 12.1 Å². The number of carbonyl (C=O) groups is 1. The second-order valence-electron chi connectivity index (χ2n) is 6.05. The van der Waals surface area contributed by atoms with Gasteiger partial charge < -0.3 is 14.8 Å². The molecule has 1 aromatic rings. The van der Waals surface area contributed by atoms with Gasteiger partial charge in [-0.1, -0.05) is 25.4 Å². The van der Waals surface area contributed by atoms with Crippen LogP contribution in [0.5, 0.6) is 11.5 Å². The molecule has 0 saturated carbocycles. The summed E-state index contributed by atoms with van der Waals surface area (Å²) in [7, 11) is 0. The molecule has 0 unspecified atom stereocenters. The Labute approximate surface area is 147 Å². The summed E-state index contributed by atoms with van der Waals surface area (Å²) in [5.41, 5.74) is 1.04. The Morgan fingerprint density at radius 2 is 2.04 bits per heavy atom. The van der Waals surface area contributed by atoms with Gasteiger partial charge in [0.2, 0.25) is 5.91 Å². The lowest BCUT2D eigenvalue weighted by molar-refractivity contribution is -0.119. The van der Waals surface area contributed by atoms with Crippen molar-refractivity contribution in [2.45, 2.75) is 39.0 Å². The first-order valence-electron chi connectivity index (χ1n) is 7.92. The van der Waals surface area contributed by atoms with Crippen molar-refractivity contribution in [2.24, 2.45) is 5.92 Å². The summed E-state index contributed by atoms with van der Waals surface area (Å²) in [4.78, 5) is 11.9. The summed E-state index contributed by atoms with van der Waals surface area (Å²) in [6.07, 6.45) is 0.850. The first-order valence-corrected chi connectivity index (χ1v) is 9.45. The molecule has 1 aliphatic heterocycles. The minimum absolute atomic E-state index is 0.0663. The monoisotopic (exact) mass is 357 g/mol. The molecule has 0 fully saturated rings. The number of benzene rings is 1. The summed E-state index contributed by atoms with van der Waals surface area (Å²) in [5.74, 6) is 2.97. The Hall–Kier alpha value is -1.07. The summed E-state index contributed by atoms with van der Waals surface area (Å²) in [5, 5.41) is 3.57. The van der Waals surface area contributed by atoms with Crippen molar-refractivity contribution in [2.75, 3.05) is 19.0 Å². The Morgan fingerprint density at radius 3 is 2.78 bits per heavy atom. The van der Waals surface area contributed by atoms with E-state index in [4.69, 9.17) is 21.1 Å². The van der Waals surface area contributed by atoms with E-state index >= 15 is 0 Å². The maximum absolute atomic E-state index is 11.9. The molecule has 0 radical (unpaired) electrons. The van der Waals surface area contributed by atoms with Gasteiger partial charge in [-0.3, -0.25) is 4.79 Å². The third-order valence-electron chi connectivity index (χ3n) is 3.75. The van der Waals surface area contributed by atoms with Crippen molar-refractivity contribution in [1.29, 1.82) is 0 Å². The van der Waals surface area contributed by atoms with Crippen molar-refractivity contribution in [3.8, 4) is 11.5 Å². The molecule has 1 aromatic carbocycles. The number of amides is 1. The minimum Gasteiger partial charge on any atom is -0.489 e. The van der Waals surface area contributed by atoms with Gasteiger partial charge in [-0.15, -0.1) is 11.8 Å². The van der Waals surface area contributed by atoms with E-state index < -0.39 is 0 Å². The molecule has 1 amide bonds. The number of fused-ring (bicyclic) bond motifs is 1. The number of ether oxygens (including phenoxy) is 2. The standard InChI is InChI=1S/C17H24ClNO3S/c1-11(2)12(3)19-16(20)10-23-9-13-7-14(18)17-15(8-13)21-5-4-6-22-17/h7-8,11-12H,4-6,9-10H2,1-3H3,(H,19,20)/t12-/m1/s1. The smallest absolute Gasteiger partial charge is 0.230 e. The fourth-order valence-electron chi connectivity index (χ4n) is 2.09. The maximum atomic E-state index is 11.9. The van der Waals surface area contributed by atoms with E-state index in [1.54, 1.807) is 11.8 Å². The van der Waals surface area contributed by atoms with E-state index in [0.29, 0.717) is 47.2 Å². The molecule has 1 aliphatic rings. The van der Waals surface area contributed by atoms with Gasteiger partial charge in [0, 0.05) is 18.2 Å². The highest BCUT2D eigenvalue weighted by atomic mass is 35.5. The fourth-order valence-corrected chi connectivity index (χ4v) is 3.15. The number of nitrogens with one attached hydrogen (secondary N) is 1. The first-order chi connectivity index (χ1) is 11.0.